The van der Waals surface area contributed by atoms with Gasteiger partial charge in [-0.1, -0.05) is 12.5 Å². The predicted octanol–water partition coefficient (Wildman–Crippen LogP) is 3.67. The van der Waals surface area contributed by atoms with Crippen LogP contribution in [0.2, 0.25) is 0 Å². The summed E-state index contributed by atoms with van der Waals surface area (Å²) in [4.78, 5) is 18.9. The molecular formula is C22H27N5O2. The molecule has 2 N–H and O–H groups in total. The van der Waals surface area contributed by atoms with Crippen molar-refractivity contribution in [2.45, 2.75) is 32.6 Å². The lowest BCUT2D eigenvalue weighted by atomic mass is 10.0. The lowest BCUT2D eigenvalue weighted by Crippen LogP contribution is -2.31. The average molecular weight is 393 g/mol. The van der Waals surface area contributed by atoms with Crippen LogP contribution in [0, 0.1) is 0 Å². The van der Waals surface area contributed by atoms with Crippen molar-refractivity contribution in [2.24, 2.45) is 4.99 Å². The number of hydrogen-bond acceptors (Lipinski definition) is 6. The van der Waals surface area contributed by atoms with Crippen LogP contribution in [0.25, 0.3) is 5.52 Å². The molecule has 0 bridgehead atoms. The van der Waals surface area contributed by atoms with E-state index in [4.69, 9.17) is 0 Å². The van der Waals surface area contributed by atoms with Crippen LogP contribution in [-0.4, -0.2) is 57.3 Å². The quantitative estimate of drug-likeness (QED) is 0.578. The lowest BCUT2D eigenvalue weighted by Gasteiger charge is -2.26. The number of aromatic nitrogens is 2. The maximum atomic E-state index is 11.7. The van der Waals surface area contributed by atoms with Gasteiger partial charge in [-0.2, -0.15) is 0 Å². The van der Waals surface area contributed by atoms with Gasteiger partial charge in [-0.15, -0.1) is 5.10 Å². The minimum absolute atomic E-state index is 0.0798. The molecule has 1 saturated heterocycles. The number of hydrogen-bond donors (Lipinski definition) is 2. The molecule has 2 aromatic rings. The summed E-state index contributed by atoms with van der Waals surface area (Å²) in [5.74, 6) is 0.402. The zero-order valence-electron chi connectivity index (χ0n) is 16.8. The van der Waals surface area contributed by atoms with Gasteiger partial charge in [0.1, 0.15) is 17.2 Å². The second kappa shape index (κ2) is 8.61. The third-order valence-corrected chi connectivity index (χ3v) is 5.50. The maximum Gasteiger partial charge on any atom is 0.185 e. The number of nitrogens with one attached hydrogen (secondary N) is 1. The average Bonchev–Trinajstić information content (AvgIpc) is 3.10. The molecule has 1 fully saturated rings. The van der Waals surface area contributed by atoms with Gasteiger partial charge >= 0.3 is 0 Å². The summed E-state index contributed by atoms with van der Waals surface area (Å²) in [6, 6.07) is 5.79. The Labute approximate surface area is 170 Å². The van der Waals surface area contributed by atoms with E-state index in [1.807, 2.05) is 24.4 Å². The molecule has 7 heteroatoms. The van der Waals surface area contributed by atoms with Crippen LogP contribution in [0.15, 0.2) is 52.9 Å². The molecule has 29 heavy (non-hydrogen) atoms. The van der Waals surface area contributed by atoms with Crippen molar-refractivity contribution in [3.63, 3.8) is 0 Å². The number of pyridine rings is 1. The van der Waals surface area contributed by atoms with Crippen LogP contribution in [0.4, 0.5) is 11.5 Å². The zero-order valence-corrected chi connectivity index (χ0v) is 16.8. The van der Waals surface area contributed by atoms with Crippen LogP contribution < -0.4 is 5.32 Å². The second-order valence-electron chi connectivity index (χ2n) is 7.58. The fraction of sp³-hybridized carbons (Fsp3) is 0.409. The number of ketones is 1. The summed E-state index contributed by atoms with van der Waals surface area (Å²) in [7, 11) is 0. The third kappa shape index (κ3) is 4.24. The second-order valence-corrected chi connectivity index (χ2v) is 7.58. The van der Waals surface area contributed by atoms with Crippen molar-refractivity contribution in [1.82, 2.24) is 14.5 Å². The van der Waals surface area contributed by atoms with Crippen LogP contribution in [0.1, 0.15) is 32.6 Å². The van der Waals surface area contributed by atoms with Crippen LogP contribution >= 0.6 is 0 Å². The number of aliphatic imine (C=N–C) groups is 1. The van der Waals surface area contributed by atoms with Gasteiger partial charge in [-0.25, -0.2) is 9.51 Å². The molecule has 0 spiro atoms. The summed E-state index contributed by atoms with van der Waals surface area (Å²) in [5.41, 5.74) is 2.18. The first-order valence-corrected chi connectivity index (χ1v) is 10.3. The Hall–Kier alpha value is -2.93. The van der Waals surface area contributed by atoms with E-state index >= 15 is 0 Å². The van der Waals surface area contributed by atoms with E-state index in [1.54, 1.807) is 17.5 Å². The highest BCUT2D eigenvalue weighted by molar-refractivity contribution is 6.21. The molecule has 152 valence electrons. The van der Waals surface area contributed by atoms with E-state index in [-0.39, 0.29) is 11.5 Å². The molecule has 0 amide bonds. The molecule has 0 saturated carbocycles. The Morgan fingerprint density at radius 2 is 2.03 bits per heavy atom. The van der Waals surface area contributed by atoms with E-state index in [0.29, 0.717) is 22.8 Å². The van der Waals surface area contributed by atoms with E-state index in [0.717, 1.165) is 25.0 Å². The summed E-state index contributed by atoms with van der Waals surface area (Å²) in [6.45, 7) is 5.88. The molecule has 1 aliphatic heterocycles. The molecule has 0 aromatic carbocycles. The first kappa shape index (κ1) is 19.4. The maximum absolute atomic E-state index is 11.7. The monoisotopic (exact) mass is 393 g/mol. The number of carbonyl (C=O) groups excluding carboxylic acids is 1. The van der Waals surface area contributed by atoms with Crippen molar-refractivity contribution in [3.05, 3.63) is 47.9 Å². The number of aliphatic hydroxyl groups is 1. The minimum atomic E-state index is -0.197. The van der Waals surface area contributed by atoms with Crippen LogP contribution in [0.3, 0.4) is 0 Å². The van der Waals surface area contributed by atoms with Crippen molar-refractivity contribution in [3.8, 4) is 0 Å². The predicted molar refractivity (Wildman–Crippen MR) is 115 cm³/mol. The fourth-order valence-corrected chi connectivity index (χ4v) is 3.79. The number of allylic oxidation sites excluding steroid dienone is 3. The SMILES string of the molecule is CC1=C(O)C(=Nc2c(NCCCN3CCCCC3)nn3ccccc23)C=CC1=O. The van der Waals surface area contributed by atoms with Crippen molar-refractivity contribution in [1.29, 1.82) is 0 Å². The van der Waals surface area contributed by atoms with E-state index in [1.165, 1.54) is 38.4 Å². The van der Waals surface area contributed by atoms with Gasteiger partial charge in [0.25, 0.3) is 0 Å². The summed E-state index contributed by atoms with van der Waals surface area (Å²) in [6.07, 6.45) is 9.84. The van der Waals surface area contributed by atoms with Gasteiger partial charge in [-0.05, 0) is 70.1 Å². The Morgan fingerprint density at radius 3 is 2.86 bits per heavy atom. The summed E-state index contributed by atoms with van der Waals surface area (Å²) in [5, 5.41) is 18.4. The highest BCUT2D eigenvalue weighted by Crippen LogP contribution is 2.31. The normalized spacial score (nSPS) is 19.5. The summed E-state index contributed by atoms with van der Waals surface area (Å²) < 4.78 is 1.78. The molecule has 0 unspecified atom stereocenters. The Kier molecular flexibility index (Phi) is 5.76. The molecular weight excluding hydrogens is 366 g/mol. The number of aliphatic hydroxyl groups excluding tert-OH is 1. The van der Waals surface area contributed by atoms with Gasteiger partial charge in [0, 0.05) is 18.3 Å². The van der Waals surface area contributed by atoms with Crippen LogP contribution in [-0.2, 0) is 4.79 Å². The molecule has 2 aromatic heterocycles. The molecule has 2 aliphatic rings. The molecule has 1 aliphatic carbocycles. The number of anilines is 1. The Bertz CT molecular complexity index is 996. The summed E-state index contributed by atoms with van der Waals surface area (Å²) >= 11 is 0. The Balaban J connectivity index is 1.54. The van der Waals surface area contributed by atoms with Gasteiger partial charge in [0.2, 0.25) is 0 Å². The fourth-order valence-electron chi connectivity index (χ4n) is 3.79. The van der Waals surface area contributed by atoms with Crippen molar-refractivity contribution < 1.29 is 9.90 Å². The number of rotatable bonds is 6. The number of fused-ring (bicyclic) bond motifs is 1. The topological polar surface area (TPSA) is 82.2 Å². The van der Waals surface area contributed by atoms with Crippen molar-refractivity contribution in [2.75, 3.05) is 31.5 Å². The van der Waals surface area contributed by atoms with Gasteiger partial charge < -0.3 is 15.3 Å². The van der Waals surface area contributed by atoms with E-state index in [9.17, 15) is 9.90 Å². The number of likely N-dealkylation sites (tertiary alicyclic amines) is 1. The molecule has 4 rings (SSSR count). The molecule has 0 atom stereocenters. The molecule has 7 nitrogen and oxygen atoms in total. The molecule has 3 heterocycles. The van der Waals surface area contributed by atoms with Crippen molar-refractivity contribution >= 4 is 28.5 Å². The first-order valence-electron chi connectivity index (χ1n) is 10.3. The smallest absolute Gasteiger partial charge is 0.185 e. The van der Waals surface area contributed by atoms with Crippen LogP contribution in [0.5, 0.6) is 0 Å². The van der Waals surface area contributed by atoms with E-state index in [2.05, 4.69) is 20.3 Å². The van der Waals surface area contributed by atoms with Gasteiger partial charge in [0.15, 0.2) is 11.6 Å². The minimum Gasteiger partial charge on any atom is -0.505 e. The molecule has 0 radical (unpaired) electrons. The van der Waals surface area contributed by atoms with Gasteiger partial charge in [-0.3, -0.25) is 4.79 Å². The van der Waals surface area contributed by atoms with E-state index < -0.39 is 0 Å². The third-order valence-electron chi connectivity index (χ3n) is 5.50. The first-order chi connectivity index (χ1) is 14.1. The number of nitrogens with zero attached hydrogens (tertiary/aromatic N) is 4. The number of piperidine rings is 1. The zero-order chi connectivity index (χ0) is 20.2. The standard InChI is InChI=1S/C22H27N5O2/c1-16-19(28)10-9-17(21(16)29)24-20-18-8-3-6-15-27(18)25-22(20)23-11-7-14-26-12-4-2-5-13-26/h3,6,8-10,15,29H,2,4-5,7,11-14H2,1H3,(H,23,25). The van der Waals surface area contributed by atoms with Gasteiger partial charge in [0.05, 0.1) is 5.52 Å². The highest BCUT2D eigenvalue weighted by atomic mass is 16.3. The number of carbonyl (C=O) groups is 1. The lowest BCUT2D eigenvalue weighted by molar-refractivity contribution is -0.111. The Morgan fingerprint density at radius 1 is 1.21 bits per heavy atom. The highest BCUT2D eigenvalue weighted by Gasteiger charge is 2.19. The largest absolute Gasteiger partial charge is 0.505 e.